The summed E-state index contributed by atoms with van der Waals surface area (Å²) in [5.41, 5.74) is 0.755. The molecule has 6 nitrogen and oxygen atoms in total. The fraction of sp³-hybridized carbons (Fsp3) is 0.714. The first-order valence-corrected chi connectivity index (χ1v) is 10.1. The fourth-order valence-electron chi connectivity index (χ4n) is 2.78. The number of unbranched alkanes of at least 4 members (excludes halogenated alkanes) is 1. The third kappa shape index (κ3) is 7.65. The average molecular weight is 379 g/mol. The van der Waals surface area contributed by atoms with Crippen LogP contribution < -0.4 is 5.32 Å². The molecule has 27 heavy (non-hydrogen) atoms. The molecule has 1 N–H and O–H groups in total. The van der Waals surface area contributed by atoms with Gasteiger partial charge in [0.1, 0.15) is 6.54 Å². The highest BCUT2D eigenvalue weighted by molar-refractivity contribution is 5.84. The van der Waals surface area contributed by atoms with E-state index in [1.54, 1.807) is 4.90 Å². The van der Waals surface area contributed by atoms with Crippen LogP contribution in [0.15, 0.2) is 18.3 Å². The molecule has 1 rings (SSSR count). The van der Waals surface area contributed by atoms with Gasteiger partial charge in [-0.2, -0.15) is 0 Å². The van der Waals surface area contributed by atoms with Gasteiger partial charge in [-0.05, 0) is 52.7 Å². The fourth-order valence-corrected chi connectivity index (χ4v) is 2.78. The Labute approximate surface area is 164 Å². The molecule has 1 aromatic heterocycles. The highest BCUT2D eigenvalue weighted by Gasteiger charge is 2.27. The summed E-state index contributed by atoms with van der Waals surface area (Å²) in [7, 11) is 1.99. The van der Waals surface area contributed by atoms with Gasteiger partial charge in [0, 0.05) is 37.1 Å². The number of hydrogen-bond donors (Lipinski definition) is 1. The van der Waals surface area contributed by atoms with Crippen molar-refractivity contribution in [1.29, 1.82) is 0 Å². The lowest BCUT2D eigenvalue weighted by atomic mass is 10.1. The number of carbonyl (C=O) groups is 2. The number of amides is 3. The summed E-state index contributed by atoms with van der Waals surface area (Å²) in [6, 6.07) is 3.84. The van der Waals surface area contributed by atoms with E-state index in [1.807, 2.05) is 69.5 Å². The minimum absolute atomic E-state index is 0.000591. The van der Waals surface area contributed by atoms with Gasteiger partial charge in [0.05, 0.1) is 6.54 Å². The molecule has 1 heterocycles. The van der Waals surface area contributed by atoms with Crippen LogP contribution in [0.25, 0.3) is 0 Å². The van der Waals surface area contributed by atoms with Gasteiger partial charge in [0.15, 0.2) is 0 Å². The maximum atomic E-state index is 13.1. The molecule has 154 valence electrons. The molecule has 0 aliphatic heterocycles. The van der Waals surface area contributed by atoms with E-state index in [1.165, 1.54) is 0 Å². The Kier molecular flexibility index (Phi) is 8.86. The number of rotatable bonds is 9. The quantitative estimate of drug-likeness (QED) is 0.711. The zero-order valence-electron chi connectivity index (χ0n) is 18.2. The molecule has 0 fully saturated rings. The summed E-state index contributed by atoms with van der Waals surface area (Å²) in [5.74, 6) is -0.00555. The average Bonchev–Trinajstić information content (AvgIpc) is 2.98. The van der Waals surface area contributed by atoms with Gasteiger partial charge in [0.2, 0.25) is 5.91 Å². The lowest BCUT2D eigenvalue weighted by Crippen LogP contribution is -2.54. The largest absolute Gasteiger partial charge is 0.353 e. The minimum atomic E-state index is -0.337. The first-order chi connectivity index (χ1) is 12.6. The molecule has 0 saturated heterocycles. The molecule has 0 spiro atoms. The smallest absolute Gasteiger partial charge is 0.318 e. The van der Waals surface area contributed by atoms with E-state index in [0.29, 0.717) is 13.1 Å². The number of nitrogens with one attached hydrogen (secondary N) is 1. The van der Waals surface area contributed by atoms with Gasteiger partial charge in [-0.3, -0.25) is 4.79 Å². The van der Waals surface area contributed by atoms with Crippen molar-refractivity contribution in [3.63, 3.8) is 0 Å². The van der Waals surface area contributed by atoms with Gasteiger partial charge >= 0.3 is 6.03 Å². The molecule has 0 aromatic carbocycles. The second kappa shape index (κ2) is 10.4. The standard InChI is InChI=1S/C21H38N4O2/c1-8-10-14-24(15-18-12-11-13-23(18)7)19(26)16-25(17(3)9-2)20(27)22-21(4,5)6/h11-13,17H,8-10,14-16H2,1-7H3,(H,22,27). The van der Waals surface area contributed by atoms with E-state index in [-0.39, 0.29) is 30.1 Å². The lowest BCUT2D eigenvalue weighted by Gasteiger charge is -2.33. The van der Waals surface area contributed by atoms with Gasteiger partial charge in [-0.1, -0.05) is 20.3 Å². The second-order valence-electron chi connectivity index (χ2n) is 8.34. The number of nitrogens with zero attached hydrogens (tertiary/aromatic N) is 3. The van der Waals surface area contributed by atoms with Crippen LogP contribution in [0.2, 0.25) is 0 Å². The highest BCUT2D eigenvalue weighted by Crippen LogP contribution is 2.11. The molecule has 0 bridgehead atoms. The summed E-state index contributed by atoms with van der Waals surface area (Å²) in [4.78, 5) is 29.4. The van der Waals surface area contributed by atoms with Crippen LogP contribution in [-0.2, 0) is 18.4 Å². The van der Waals surface area contributed by atoms with Crippen molar-refractivity contribution in [3.8, 4) is 0 Å². The van der Waals surface area contributed by atoms with Crippen LogP contribution in [0.4, 0.5) is 4.79 Å². The molecule has 1 atom stereocenters. The van der Waals surface area contributed by atoms with E-state index in [0.717, 1.165) is 25.0 Å². The van der Waals surface area contributed by atoms with E-state index >= 15 is 0 Å². The number of carbonyl (C=O) groups excluding carboxylic acids is 2. The predicted molar refractivity (Wildman–Crippen MR) is 110 cm³/mol. The van der Waals surface area contributed by atoms with Crippen LogP contribution in [0.5, 0.6) is 0 Å². The minimum Gasteiger partial charge on any atom is -0.353 e. The molecule has 6 heteroatoms. The molecule has 1 aromatic rings. The van der Waals surface area contributed by atoms with Crippen molar-refractivity contribution in [1.82, 2.24) is 19.7 Å². The number of urea groups is 1. The predicted octanol–water partition coefficient (Wildman–Crippen LogP) is 3.76. The third-order valence-corrected chi connectivity index (χ3v) is 4.71. The number of aryl methyl sites for hydroxylation is 1. The van der Waals surface area contributed by atoms with Gasteiger partial charge in [-0.25, -0.2) is 4.79 Å². The summed E-state index contributed by atoms with van der Waals surface area (Å²) < 4.78 is 2.03. The zero-order valence-corrected chi connectivity index (χ0v) is 18.2. The lowest BCUT2D eigenvalue weighted by molar-refractivity contribution is -0.133. The van der Waals surface area contributed by atoms with Crippen LogP contribution >= 0.6 is 0 Å². The Morgan fingerprint density at radius 2 is 1.93 bits per heavy atom. The van der Waals surface area contributed by atoms with Crippen molar-refractivity contribution in [2.45, 2.75) is 78.9 Å². The molecular formula is C21H38N4O2. The third-order valence-electron chi connectivity index (χ3n) is 4.71. The Balaban J connectivity index is 2.92. The van der Waals surface area contributed by atoms with Crippen molar-refractivity contribution in [2.24, 2.45) is 7.05 Å². The molecule has 1 unspecified atom stereocenters. The normalized spacial score (nSPS) is 12.6. The van der Waals surface area contributed by atoms with Crippen LogP contribution in [0, 0.1) is 0 Å². The molecule has 0 aliphatic carbocycles. The molecule has 0 saturated carbocycles. The SMILES string of the molecule is CCCCN(Cc1cccn1C)C(=O)CN(C(=O)NC(C)(C)C)C(C)CC. The Morgan fingerprint density at radius 3 is 2.41 bits per heavy atom. The van der Waals surface area contributed by atoms with E-state index in [9.17, 15) is 9.59 Å². The maximum absolute atomic E-state index is 13.1. The van der Waals surface area contributed by atoms with Crippen LogP contribution in [0.1, 0.15) is 66.5 Å². The first kappa shape index (κ1) is 23.1. The van der Waals surface area contributed by atoms with E-state index in [2.05, 4.69) is 12.2 Å². The second-order valence-corrected chi connectivity index (χ2v) is 8.34. The molecule has 0 radical (unpaired) electrons. The van der Waals surface area contributed by atoms with Gasteiger partial charge in [0.25, 0.3) is 0 Å². The van der Waals surface area contributed by atoms with Crippen molar-refractivity contribution < 1.29 is 9.59 Å². The van der Waals surface area contributed by atoms with Crippen molar-refractivity contribution in [3.05, 3.63) is 24.0 Å². The summed E-state index contributed by atoms with van der Waals surface area (Å²) in [5, 5.41) is 2.99. The Bertz CT molecular complexity index is 604. The first-order valence-electron chi connectivity index (χ1n) is 10.1. The van der Waals surface area contributed by atoms with Gasteiger partial charge < -0.3 is 19.7 Å². The highest BCUT2D eigenvalue weighted by atomic mass is 16.2. The molecule has 3 amide bonds. The van der Waals surface area contributed by atoms with E-state index < -0.39 is 0 Å². The van der Waals surface area contributed by atoms with Crippen molar-refractivity contribution in [2.75, 3.05) is 13.1 Å². The zero-order chi connectivity index (χ0) is 20.6. The summed E-state index contributed by atoms with van der Waals surface area (Å²) >= 11 is 0. The molecule has 0 aliphatic rings. The summed E-state index contributed by atoms with van der Waals surface area (Å²) in [6.45, 7) is 13.4. The van der Waals surface area contributed by atoms with Crippen LogP contribution in [-0.4, -0.2) is 51.0 Å². The Morgan fingerprint density at radius 1 is 1.26 bits per heavy atom. The summed E-state index contributed by atoms with van der Waals surface area (Å²) in [6.07, 6.45) is 4.77. The van der Waals surface area contributed by atoms with Crippen LogP contribution in [0.3, 0.4) is 0 Å². The van der Waals surface area contributed by atoms with E-state index in [4.69, 9.17) is 0 Å². The molecular weight excluding hydrogens is 340 g/mol. The van der Waals surface area contributed by atoms with Gasteiger partial charge in [-0.15, -0.1) is 0 Å². The maximum Gasteiger partial charge on any atom is 0.318 e. The topological polar surface area (TPSA) is 57.6 Å². The number of aromatic nitrogens is 1. The Hall–Kier alpha value is -1.98. The van der Waals surface area contributed by atoms with Crippen molar-refractivity contribution >= 4 is 11.9 Å². The number of hydrogen-bond acceptors (Lipinski definition) is 2. The monoisotopic (exact) mass is 378 g/mol.